The molecule has 0 saturated carbocycles. The Morgan fingerprint density at radius 1 is 1.33 bits per heavy atom. The van der Waals surface area contributed by atoms with Gasteiger partial charge in [-0.1, -0.05) is 18.2 Å². The molecule has 0 aliphatic rings. The van der Waals surface area contributed by atoms with Crippen molar-refractivity contribution in [3.8, 4) is 6.07 Å². The number of rotatable bonds is 1. The van der Waals surface area contributed by atoms with Gasteiger partial charge in [-0.2, -0.15) is 14.0 Å². The lowest BCUT2D eigenvalue weighted by atomic mass is 10.1. The monoisotopic (exact) mass is 231 g/mol. The van der Waals surface area contributed by atoms with Gasteiger partial charge in [0.05, 0.1) is 11.6 Å². The molecule has 0 atom stereocenters. The fourth-order valence-electron chi connectivity index (χ4n) is 0.828. The van der Waals surface area contributed by atoms with Gasteiger partial charge in [0.25, 0.3) is 0 Å². The zero-order chi connectivity index (χ0) is 9.19. The van der Waals surface area contributed by atoms with Crippen LogP contribution in [0.15, 0.2) is 24.3 Å². The average Bonchev–Trinajstić information content (AvgIpc) is 2.03. The largest absolute Gasteiger partial charge is 0.327 e. The predicted octanol–water partition coefficient (Wildman–Crippen LogP) is 3.00. The molecule has 0 saturated heterocycles. The second kappa shape index (κ2) is 3.20. The molecule has 0 N–H and O–H groups in total. The summed E-state index contributed by atoms with van der Waals surface area (Å²) in [6, 6.07) is 7.27. The molecule has 0 aromatic heterocycles. The van der Waals surface area contributed by atoms with E-state index in [1.807, 2.05) is 0 Å². The number of halogens is 3. The summed E-state index contributed by atoms with van der Waals surface area (Å²) in [5.41, 5.74) is -0.313. The molecule has 0 radical (unpaired) electrons. The lowest BCUT2D eigenvalue weighted by molar-refractivity contribution is 0.114. The molecule has 1 aromatic rings. The zero-order valence-corrected chi connectivity index (χ0v) is 7.48. The van der Waals surface area contributed by atoms with Crippen LogP contribution >= 0.6 is 15.9 Å². The summed E-state index contributed by atoms with van der Waals surface area (Å²) in [6.07, 6.45) is 0. The number of hydrogen-bond donors (Lipinski definition) is 0. The van der Waals surface area contributed by atoms with Gasteiger partial charge < -0.3 is 0 Å². The molecule has 4 heteroatoms. The van der Waals surface area contributed by atoms with E-state index in [0.717, 1.165) is 0 Å². The van der Waals surface area contributed by atoms with Gasteiger partial charge >= 0.3 is 4.83 Å². The maximum absolute atomic E-state index is 12.7. The van der Waals surface area contributed by atoms with Crippen LogP contribution in [0.25, 0.3) is 0 Å². The fourth-order valence-corrected chi connectivity index (χ4v) is 1.17. The van der Waals surface area contributed by atoms with E-state index in [-0.39, 0.29) is 11.1 Å². The van der Waals surface area contributed by atoms with Crippen LogP contribution in [0.5, 0.6) is 0 Å². The highest BCUT2D eigenvalue weighted by Crippen LogP contribution is 2.36. The van der Waals surface area contributed by atoms with Crippen molar-refractivity contribution in [2.24, 2.45) is 0 Å². The smallest absolute Gasteiger partial charge is 0.192 e. The van der Waals surface area contributed by atoms with Gasteiger partial charge in [0.2, 0.25) is 0 Å². The first-order valence-corrected chi connectivity index (χ1v) is 3.91. The van der Waals surface area contributed by atoms with Gasteiger partial charge in [0.15, 0.2) is 0 Å². The Kier molecular flexibility index (Phi) is 2.43. The minimum Gasteiger partial charge on any atom is -0.192 e. The van der Waals surface area contributed by atoms with Gasteiger partial charge in [-0.25, -0.2) is 0 Å². The zero-order valence-electron chi connectivity index (χ0n) is 5.89. The molecule has 0 spiro atoms. The van der Waals surface area contributed by atoms with Crippen LogP contribution in [0.1, 0.15) is 11.1 Å². The first-order valence-electron chi connectivity index (χ1n) is 3.12. The summed E-state index contributed by atoms with van der Waals surface area (Å²) in [6.45, 7) is 0. The molecule has 1 nitrogen and oxygen atoms in total. The third kappa shape index (κ3) is 1.80. The molecule has 0 aliphatic heterocycles. The van der Waals surface area contributed by atoms with Crippen LogP contribution < -0.4 is 0 Å². The van der Waals surface area contributed by atoms with Gasteiger partial charge in [-0.05, 0) is 22.0 Å². The molecule has 0 fully saturated rings. The minimum absolute atomic E-state index is 0.0145. The van der Waals surface area contributed by atoms with E-state index in [2.05, 4.69) is 15.9 Å². The number of nitriles is 1. The van der Waals surface area contributed by atoms with Crippen molar-refractivity contribution in [3.63, 3.8) is 0 Å². The number of hydrogen-bond acceptors (Lipinski definition) is 1. The second-order valence-corrected chi connectivity index (χ2v) is 3.15. The molecule has 0 unspecified atom stereocenters. The normalized spacial score (nSPS) is 10.8. The second-order valence-electron chi connectivity index (χ2n) is 2.16. The molecule has 12 heavy (non-hydrogen) atoms. The van der Waals surface area contributed by atoms with E-state index in [4.69, 9.17) is 5.26 Å². The van der Waals surface area contributed by atoms with Crippen LogP contribution in [-0.2, 0) is 4.83 Å². The average molecular weight is 232 g/mol. The lowest BCUT2D eigenvalue weighted by Gasteiger charge is -2.08. The minimum atomic E-state index is -3.13. The third-order valence-corrected chi connectivity index (χ3v) is 1.78. The summed E-state index contributed by atoms with van der Waals surface area (Å²) < 4.78 is 25.3. The Morgan fingerprint density at radius 3 is 2.33 bits per heavy atom. The third-order valence-electron chi connectivity index (χ3n) is 1.35. The lowest BCUT2D eigenvalue weighted by Crippen LogP contribution is -2.04. The molecule has 62 valence electrons. The van der Waals surface area contributed by atoms with Crippen LogP contribution in [0.4, 0.5) is 8.78 Å². The Hall–Kier alpha value is -0.950. The van der Waals surface area contributed by atoms with Crippen molar-refractivity contribution in [2.75, 3.05) is 0 Å². The maximum Gasteiger partial charge on any atom is 0.327 e. The molecular formula is C8H4BrF2N. The van der Waals surface area contributed by atoms with Crippen LogP contribution in [0.2, 0.25) is 0 Å². The summed E-state index contributed by atoms with van der Waals surface area (Å²) >= 11 is 2.19. The van der Waals surface area contributed by atoms with Crippen LogP contribution in [-0.4, -0.2) is 0 Å². The number of nitrogens with zero attached hydrogens (tertiary/aromatic N) is 1. The summed E-state index contributed by atoms with van der Waals surface area (Å²) in [7, 11) is 0. The van der Waals surface area contributed by atoms with Crippen molar-refractivity contribution in [1.29, 1.82) is 5.26 Å². The first kappa shape index (κ1) is 9.14. The van der Waals surface area contributed by atoms with E-state index in [1.165, 1.54) is 18.2 Å². The van der Waals surface area contributed by atoms with Gasteiger partial charge in [0.1, 0.15) is 0 Å². The standard InChI is InChI=1S/C8H4BrF2N/c9-8(10,11)7-4-2-1-3-6(7)5-12/h1-4H. The molecular weight excluding hydrogens is 228 g/mol. The Balaban J connectivity index is 3.26. The first-order chi connectivity index (χ1) is 5.55. The number of alkyl halides is 3. The Bertz CT molecular complexity index is 325. The van der Waals surface area contributed by atoms with E-state index in [0.29, 0.717) is 0 Å². The van der Waals surface area contributed by atoms with E-state index >= 15 is 0 Å². The van der Waals surface area contributed by atoms with Gasteiger partial charge in [-0.3, -0.25) is 0 Å². The SMILES string of the molecule is N#Cc1ccccc1C(F)(F)Br. The molecule has 1 rings (SSSR count). The fraction of sp³-hybridized carbons (Fsp3) is 0.125. The van der Waals surface area contributed by atoms with Crippen LogP contribution in [0, 0.1) is 11.3 Å². The summed E-state index contributed by atoms with van der Waals surface area (Å²) in [5.74, 6) is 0. The maximum atomic E-state index is 12.7. The van der Waals surface area contributed by atoms with Gasteiger partial charge in [-0.15, -0.1) is 0 Å². The Morgan fingerprint density at radius 2 is 1.92 bits per heavy atom. The highest BCUT2D eigenvalue weighted by molar-refractivity contribution is 9.09. The van der Waals surface area contributed by atoms with Gasteiger partial charge in [0, 0.05) is 5.56 Å². The predicted molar refractivity (Wildman–Crippen MR) is 44.0 cm³/mol. The number of benzene rings is 1. The molecule has 0 heterocycles. The van der Waals surface area contributed by atoms with Crippen molar-refractivity contribution >= 4 is 15.9 Å². The van der Waals surface area contributed by atoms with E-state index in [9.17, 15) is 8.78 Å². The van der Waals surface area contributed by atoms with E-state index < -0.39 is 4.83 Å². The molecule has 1 aromatic carbocycles. The van der Waals surface area contributed by atoms with Crippen molar-refractivity contribution in [2.45, 2.75) is 4.83 Å². The quantitative estimate of drug-likeness (QED) is 0.682. The highest BCUT2D eigenvalue weighted by atomic mass is 79.9. The summed E-state index contributed by atoms with van der Waals surface area (Å²) in [4.78, 5) is -3.13. The highest BCUT2D eigenvalue weighted by Gasteiger charge is 2.29. The molecule has 0 bridgehead atoms. The topological polar surface area (TPSA) is 23.8 Å². The van der Waals surface area contributed by atoms with Crippen molar-refractivity contribution < 1.29 is 8.78 Å². The van der Waals surface area contributed by atoms with Crippen molar-refractivity contribution in [3.05, 3.63) is 35.4 Å². The Labute approximate surface area is 76.8 Å². The molecule has 0 aliphatic carbocycles. The molecule has 0 amide bonds. The van der Waals surface area contributed by atoms with E-state index in [1.54, 1.807) is 12.1 Å². The van der Waals surface area contributed by atoms with Crippen LogP contribution in [0.3, 0.4) is 0 Å². The summed E-state index contributed by atoms with van der Waals surface area (Å²) in [5, 5.41) is 8.48. The van der Waals surface area contributed by atoms with Crippen molar-refractivity contribution in [1.82, 2.24) is 0 Å².